The molecule has 0 amide bonds. The number of phenols is 1. The number of benzene rings is 1. The molecule has 11 heteroatoms. The Morgan fingerprint density at radius 3 is 2.39 bits per heavy atom. The first-order valence-corrected chi connectivity index (χ1v) is 20.5. The van der Waals surface area contributed by atoms with Crippen LogP contribution in [0.4, 0.5) is 0 Å². The lowest BCUT2D eigenvalue weighted by molar-refractivity contribution is -0.0505. The Kier molecular flexibility index (Phi) is 11.1. The van der Waals surface area contributed by atoms with Crippen LogP contribution in [0.3, 0.4) is 0 Å². The van der Waals surface area contributed by atoms with Crippen LogP contribution in [-0.2, 0) is 15.5 Å². The average Bonchev–Trinajstić information content (AvgIpc) is 3.24. The molecule has 0 radical (unpaired) electrons. The summed E-state index contributed by atoms with van der Waals surface area (Å²) in [6, 6.07) is 5.80. The monoisotopic (exact) mass is 699 g/mol. The van der Waals surface area contributed by atoms with E-state index in [-0.39, 0.29) is 5.41 Å². The van der Waals surface area contributed by atoms with Crippen molar-refractivity contribution in [2.75, 3.05) is 38.0 Å². The van der Waals surface area contributed by atoms with Crippen molar-refractivity contribution >= 4 is 30.9 Å². The van der Waals surface area contributed by atoms with Crippen LogP contribution in [0.2, 0.25) is 0 Å². The van der Waals surface area contributed by atoms with Crippen molar-refractivity contribution in [3.8, 4) is 5.75 Å². The van der Waals surface area contributed by atoms with Gasteiger partial charge in [0.1, 0.15) is 5.75 Å². The molecular formula is C35H56Cl2N3O5P. The molecule has 8 nitrogen and oxygen atoms in total. The van der Waals surface area contributed by atoms with Crippen LogP contribution >= 0.6 is 30.9 Å². The van der Waals surface area contributed by atoms with Gasteiger partial charge < -0.3 is 25.6 Å². The predicted octanol–water partition coefficient (Wildman–Crippen LogP) is 6.38. The highest BCUT2D eigenvalue weighted by Gasteiger charge is 2.57. The molecule has 6 saturated carbocycles. The molecular weight excluding hydrogens is 644 g/mol. The number of aromatic hydroxyl groups is 1. The Balaban J connectivity index is 0.000000129. The maximum atomic E-state index is 12.2. The molecule has 7 atom stereocenters. The summed E-state index contributed by atoms with van der Waals surface area (Å²) in [5.74, 6) is 5.81. The van der Waals surface area contributed by atoms with Gasteiger partial charge in [-0.1, -0.05) is 13.0 Å². The number of aliphatic hydroxyl groups is 2. The van der Waals surface area contributed by atoms with Crippen molar-refractivity contribution < 1.29 is 24.4 Å². The molecule has 7 aliphatic carbocycles. The number of nitrogens with one attached hydrogen (secondary N) is 1. The van der Waals surface area contributed by atoms with Crippen molar-refractivity contribution in [1.29, 1.82) is 0 Å². The predicted molar refractivity (Wildman–Crippen MR) is 184 cm³/mol. The van der Waals surface area contributed by atoms with Gasteiger partial charge in [-0.05, 0) is 141 Å². The first-order valence-electron chi connectivity index (χ1n) is 17.8. The third-order valence-electron chi connectivity index (χ3n) is 12.7. The minimum atomic E-state index is -2.84. The Morgan fingerprint density at radius 2 is 1.76 bits per heavy atom. The van der Waals surface area contributed by atoms with E-state index in [1.54, 1.807) is 10.7 Å². The van der Waals surface area contributed by atoms with Crippen LogP contribution in [-0.4, -0.2) is 75.7 Å². The molecule has 0 spiro atoms. The van der Waals surface area contributed by atoms with Crippen molar-refractivity contribution in [2.45, 2.75) is 108 Å². The molecule has 1 unspecified atom stereocenters. The maximum absolute atomic E-state index is 12.2. The van der Waals surface area contributed by atoms with E-state index in [9.17, 15) is 19.9 Å². The highest BCUT2D eigenvalue weighted by atomic mass is 35.5. The molecule has 8 aliphatic rings. The molecule has 0 aromatic heterocycles. The number of aliphatic hydroxyl groups excluding tert-OH is 2. The number of nitrogens with zero attached hydrogens (tertiary/aromatic N) is 1. The molecule has 46 heavy (non-hydrogen) atoms. The van der Waals surface area contributed by atoms with Crippen molar-refractivity contribution in [2.24, 2.45) is 40.7 Å². The number of phenolic OH excluding ortho intramolecular Hbond substituents is 1. The Labute approximate surface area is 285 Å². The number of aryl methyl sites for hydroxylation is 1. The van der Waals surface area contributed by atoms with Crippen LogP contribution in [0.15, 0.2) is 18.2 Å². The van der Waals surface area contributed by atoms with Crippen LogP contribution < -0.4 is 10.8 Å². The van der Waals surface area contributed by atoms with Crippen molar-refractivity contribution in [1.82, 2.24) is 9.76 Å². The second kappa shape index (κ2) is 14.4. The number of halogens is 2. The number of fused-ring (bicyclic) bond motifs is 5. The first kappa shape index (κ1) is 35.4. The number of nitrogens with two attached hydrogens (primary N) is 1. The van der Waals surface area contributed by atoms with E-state index in [4.69, 9.17) is 33.5 Å². The molecule has 1 heterocycles. The number of hydrogen-bond donors (Lipinski definition) is 5. The third kappa shape index (κ3) is 7.23. The van der Waals surface area contributed by atoms with E-state index in [0.717, 1.165) is 62.8 Å². The SMILES string of the molecule is C[C@]12CC[C@@H]3c4ccc(O)cc4CC[C@H]3[C@@H]1C[C@@H](O)[C@@H]2O.NC12CC3CC(CC(C3)C1)C2.O=P1(NCCCl)OCCCN1CCCl. The molecule has 1 aliphatic heterocycles. The number of rotatable bonds is 5. The molecule has 6 N–H and O–H groups in total. The number of alkyl halides is 2. The third-order valence-corrected chi connectivity index (χ3v) is 15.4. The summed E-state index contributed by atoms with van der Waals surface area (Å²) in [5.41, 5.74) is 9.19. The van der Waals surface area contributed by atoms with Gasteiger partial charge in [0.25, 0.3) is 0 Å². The van der Waals surface area contributed by atoms with Gasteiger partial charge in [-0.2, -0.15) is 0 Å². The zero-order valence-corrected chi connectivity index (χ0v) is 29.9. The molecule has 1 aromatic rings. The summed E-state index contributed by atoms with van der Waals surface area (Å²) in [4.78, 5) is 0. The largest absolute Gasteiger partial charge is 0.508 e. The summed E-state index contributed by atoms with van der Waals surface area (Å²) in [5, 5.41) is 33.1. The quantitative estimate of drug-likeness (QED) is 0.177. The lowest BCUT2D eigenvalue weighted by Gasteiger charge is -2.55. The standard InChI is InChI=1S/C18H24O3.C10H17N.C7H15Cl2N2O2P/c1-18-7-6-13-12-5-3-11(19)8-10(12)2-4-14(13)15(18)9-16(20)17(18)21;11-10-4-7-1-8(5-10)3-9(2-7)6-10;8-2-4-10-14(12)11(6-3-9)5-1-7-13-14/h3,5,8,13-17,19-21H,2,4,6-7,9H2,1H3;7-9H,1-6,11H2;1-7H2,(H,10,12)/t13-,14-,15+,16-,17+,18+;;/m1../s1. The summed E-state index contributed by atoms with van der Waals surface area (Å²) >= 11 is 11.1. The lowest BCUT2D eigenvalue weighted by atomic mass is 9.53. The normalized spacial score (nSPS) is 43.8. The van der Waals surface area contributed by atoms with Gasteiger partial charge in [-0.3, -0.25) is 4.57 Å². The molecule has 260 valence electrons. The Bertz CT molecular complexity index is 1220. The van der Waals surface area contributed by atoms with Crippen LogP contribution in [0.1, 0.15) is 94.6 Å². The fraction of sp³-hybridized carbons (Fsp3) is 0.829. The lowest BCUT2D eigenvalue weighted by Crippen LogP contribution is -2.55. The number of hydrogen-bond acceptors (Lipinski definition) is 6. The van der Waals surface area contributed by atoms with E-state index in [0.29, 0.717) is 60.5 Å². The smallest absolute Gasteiger partial charge is 0.343 e. The van der Waals surface area contributed by atoms with E-state index >= 15 is 0 Å². The molecule has 7 fully saturated rings. The minimum absolute atomic E-state index is 0.116. The van der Waals surface area contributed by atoms with Gasteiger partial charge >= 0.3 is 7.67 Å². The van der Waals surface area contributed by atoms with E-state index < -0.39 is 19.9 Å². The summed E-state index contributed by atoms with van der Waals surface area (Å²) < 4.78 is 19.2. The van der Waals surface area contributed by atoms with Gasteiger partial charge in [0.2, 0.25) is 0 Å². The maximum Gasteiger partial charge on any atom is 0.343 e. The van der Waals surface area contributed by atoms with Crippen molar-refractivity contribution in [3.05, 3.63) is 29.3 Å². The highest BCUT2D eigenvalue weighted by molar-refractivity contribution is 7.54. The Hall–Kier alpha value is -0.410. The van der Waals surface area contributed by atoms with E-state index in [1.165, 1.54) is 49.7 Å². The minimum Gasteiger partial charge on any atom is -0.508 e. The van der Waals surface area contributed by atoms with Gasteiger partial charge in [0.15, 0.2) is 0 Å². The van der Waals surface area contributed by atoms with E-state index in [1.807, 2.05) is 6.07 Å². The van der Waals surface area contributed by atoms with Gasteiger partial charge in [0.05, 0.1) is 18.8 Å². The fourth-order valence-corrected chi connectivity index (χ4v) is 13.6. The van der Waals surface area contributed by atoms with Gasteiger partial charge in [-0.25, -0.2) is 9.76 Å². The average molecular weight is 701 g/mol. The summed E-state index contributed by atoms with van der Waals surface area (Å²) in [7, 11) is -2.84. The summed E-state index contributed by atoms with van der Waals surface area (Å²) in [6.07, 6.45) is 13.3. The van der Waals surface area contributed by atoms with E-state index in [2.05, 4.69) is 18.1 Å². The molecule has 9 rings (SSSR count). The molecule has 1 saturated heterocycles. The molecule has 1 aromatic carbocycles. The van der Waals surface area contributed by atoms with Crippen LogP contribution in [0.25, 0.3) is 0 Å². The topological polar surface area (TPSA) is 128 Å². The first-order chi connectivity index (χ1) is 22.0. The second-order valence-electron chi connectivity index (χ2n) is 15.8. The van der Waals surface area contributed by atoms with Gasteiger partial charge in [0, 0.05) is 36.9 Å². The Morgan fingerprint density at radius 1 is 1.07 bits per heavy atom. The second-order valence-corrected chi connectivity index (χ2v) is 18.8. The highest BCUT2D eigenvalue weighted by Crippen LogP contribution is 2.61. The zero-order valence-electron chi connectivity index (χ0n) is 27.5. The molecule has 4 bridgehead atoms. The van der Waals surface area contributed by atoms with Crippen molar-refractivity contribution in [3.63, 3.8) is 0 Å². The van der Waals surface area contributed by atoms with Crippen LogP contribution in [0, 0.1) is 35.0 Å². The van der Waals surface area contributed by atoms with Gasteiger partial charge in [-0.15, -0.1) is 23.2 Å². The zero-order chi connectivity index (χ0) is 32.7. The van der Waals surface area contributed by atoms with Crippen LogP contribution in [0.5, 0.6) is 5.75 Å². The summed E-state index contributed by atoms with van der Waals surface area (Å²) in [6.45, 7) is 4.53. The fourth-order valence-electron chi connectivity index (χ4n) is 11.1.